The van der Waals surface area contributed by atoms with E-state index in [0.29, 0.717) is 0 Å². The van der Waals surface area contributed by atoms with Crippen LogP contribution in [0.1, 0.15) is 30.9 Å². The predicted molar refractivity (Wildman–Crippen MR) is 68.2 cm³/mol. The summed E-state index contributed by atoms with van der Waals surface area (Å²) in [6.45, 7) is 2.25. The van der Waals surface area contributed by atoms with Gasteiger partial charge in [-0.15, -0.1) is 0 Å². The smallest absolute Gasteiger partial charge is 0.0352 e. The van der Waals surface area contributed by atoms with Crippen LogP contribution in [0.4, 0.5) is 0 Å². The molecule has 0 spiro atoms. The van der Waals surface area contributed by atoms with Crippen molar-refractivity contribution in [2.24, 2.45) is 0 Å². The van der Waals surface area contributed by atoms with E-state index in [9.17, 15) is 0 Å². The summed E-state index contributed by atoms with van der Waals surface area (Å²) in [5, 5.41) is 0. The molecule has 1 heteroatoms. The van der Waals surface area contributed by atoms with Gasteiger partial charge in [-0.3, -0.25) is 0 Å². The van der Waals surface area contributed by atoms with Crippen molar-refractivity contribution in [3.63, 3.8) is 0 Å². The molecular formula is C16H15Hf. The fraction of sp³-hybridized carbons (Fsp3) is 0.188. The number of fused-ring (bicyclic) bond motifs is 3. The Hall–Kier alpha value is -0.690. The fourth-order valence-electron chi connectivity index (χ4n) is 2.63. The Balaban J connectivity index is 0.00000108. The number of benzene rings is 2. The van der Waals surface area contributed by atoms with Crippen LogP contribution >= 0.6 is 0 Å². The van der Waals surface area contributed by atoms with Gasteiger partial charge >= 0.3 is 0 Å². The summed E-state index contributed by atoms with van der Waals surface area (Å²) in [6, 6.07) is 17.5. The maximum absolute atomic E-state index is 2.25. The van der Waals surface area contributed by atoms with Crippen LogP contribution in [-0.4, -0.2) is 0 Å². The summed E-state index contributed by atoms with van der Waals surface area (Å²) < 4.78 is 0. The zero-order chi connectivity index (χ0) is 11.0. The maximum atomic E-state index is 2.25. The van der Waals surface area contributed by atoms with E-state index in [-0.39, 0.29) is 25.8 Å². The zero-order valence-corrected chi connectivity index (χ0v) is 13.6. The molecule has 1 aliphatic carbocycles. The van der Waals surface area contributed by atoms with E-state index >= 15 is 0 Å². The van der Waals surface area contributed by atoms with Gasteiger partial charge in [0.1, 0.15) is 0 Å². The first-order chi connectivity index (χ1) is 7.92. The average molecular weight is 386 g/mol. The summed E-state index contributed by atoms with van der Waals surface area (Å²) in [5.41, 5.74) is 5.68. The third-order valence-electron chi connectivity index (χ3n) is 3.29. The third-order valence-corrected chi connectivity index (χ3v) is 3.29. The molecule has 0 fully saturated rings. The molecule has 83 valence electrons. The molecular weight excluding hydrogens is 371 g/mol. The van der Waals surface area contributed by atoms with Gasteiger partial charge in [0, 0.05) is 31.8 Å². The van der Waals surface area contributed by atoms with Crippen molar-refractivity contribution in [1.29, 1.82) is 0 Å². The molecule has 0 atom stereocenters. The monoisotopic (exact) mass is 387 g/mol. The van der Waals surface area contributed by atoms with Crippen molar-refractivity contribution in [1.82, 2.24) is 0 Å². The quantitative estimate of drug-likeness (QED) is 0.671. The predicted octanol–water partition coefficient (Wildman–Crippen LogP) is 4.44. The van der Waals surface area contributed by atoms with Gasteiger partial charge in [0.05, 0.1) is 0 Å². The molecule has 0 aromatic heterocycles. The summed E-state index contributed by atoms with van der Waals surface area (Å²) in [4.78, 5) is 0. The number of hydrogen-bond donors (Lipinski definition) is 0. The summed E-state index contributed by atoms with van der Waals surface area (Å²) >= 11 is 0. The Morgan fingerprint density at radius 1 is 0.706 bits per heavy atom. The van der Waals surface area contributed by atoms with Gasteiger partial charge in [-0.05, 0) is 28.7 Å². The normalized spacial score (nSPS) is 12.8. The van der Waals surface area contributed by atoms with E-state index in [1.807, 2.05) is 0 Å². The van der Waals surface area contributed by atoms with Gasteiger partial charge < -0.3 is 0 Å². The van der Waals surface area contributed by atoms with Crippen molar-refractivity contribution in [3.8, 4) is 11.1 Å². The van der Waals surface area contributed by atoms with Crippen LogP contribution < -0.4 is 0 Å². The molecule has 1 aliphatic rings. The fourth-order valence-corrected chi connectivity index (χ4v) is 2.63. The molecule has 2 aromatic rings. The molecule has 2 aromatic carbocycles. The van der Waals surface area contributed by atoms with Crippen molar-refractivity contribution in [3.05, 3.63) is 65.6 Å². The molecule has 0 aliphatic heterocycles. The molecule has 17 heavy (non-hydrogen) atoms. The Bertz CT molecular complexity index is 471. The second-order valence-corrected chi connectivity index (χ2v) is 4.32. The number of rotatable bonds is 2. The van der Waals surface area contributed by atoms with E-state index in [0.717, 1.165) is 0 Å². The van der Waals surface area contributed by atoms with Crippen LogP contribution in [0.25, 0.3) is 11.1 Å². The number of hydrogen-bond acceptors (Lipinski definition) is 0. The zero-order valence-electron chi connectivity index (χ0n) is 10.0. The minimum absolute atomic E-state index is 0. The molecule has 0 amide bonds. The van der Waals surface area contributed by atoms with Crippen molar-refractivity contribution < 1.29 is 25.8 Å². The van der Waals surface area contributed by atoms with Gasteiger partial charge in [0.2, 0.25) is 0 Å². The Kier molecular flexibility index (Phi) is 3.98. The second-order valence-electron chi connectivity index (χ2n) is 4.32. The van der Waals surface area contributed by atoms with Crippen molar-refractivity contribution >= 4 is 0 Å². The summed E-state index contributed by atoms with van der Waals surface area (Å²) in [7, 11) is 0. The summed E-state index contributed by atoms with van der Waals surface area (Å²) in [6.07, 6.45) is 2.38. The molecule has 0 N–H and O–H groups in total. The van der Waals surface area contributed by atoms with E-state index in [2.05, 4.69) is 55.5 Å². The molecule has 0 nitrogen and oxygen atoms in total. The molecule has 0 saturated carbocycles. The molecule has 0 saturated heterocycles. The van der Waals surface area contributed by atoms with Gasteiger partial charge in [-0.25, -0.2) is 0 Å². The van der Waals surface area contributed by atoms with Crippen molar-refractivity contribution in [2.45, 2.75) is 19.8 Å². The molecule has 0 bridgehead atoms. The van der Waals surface area contributed by atoms with Crippen LogP contribution in [0, 0.1) is 5.92 Å². The molecule has 1 radical (unpaired) electrons. The minimum Gasteiger partial charge on any atom is -0.0653 e. The first-order valence-corrected chi connectivity index (χ1v) is 5.97. The van der Waals surface area contributed by atoms with Gasteiger partial charge in [-0.2, -0.15) is 0 Å². The van der Waals surface area contributed by atoms with Crippen LogP contribution in [0.2, 0.25) is 0 Å². The largest absolute Gasteiger partial charge is 0.0653 e. The Labute approximate surface area is 122 Å². The van der Waals surface area contributed by atoms with Gasteiger partial charge in [0.15, 0.2) is 0 Å². The van der Waals surface area contributed by atoms with Crippen molar-refractivity contribution in [2.75, 3.05) is 0 Å². The van der Waals surface area contributed by atoms with E-state index in [1.165, 1.54) is 41.0 Å². The van der Waals surface area contributed by atoms with Gasteiger partial charge in [0.25, 0.3) is 0 Å². The third kappa shape index (κ3) is 2.06. The Morgan fingerprint density at radius 2 is 1.12 bits per heavy atom. The average Bonchev–Trinajstić information content (AvgIpc) is 2.66. The van der Waals surface area contributed by atoms with Gasteiger partial charge in [-0.1, -0.05) is 61.9 Å². The molecule has 0 unspecified atom stereocenters. The second kappa shape index (κ2) is 5.31. The molecule has 0 heterocycles. The van der Waals surface area contributed by atoms with Crippen LogP contribution in [-0.2, 0) is 25.8 Å². The topological polar surface area (TPSA) is 0 Å². The van der Waals surface area contributed by atoms with Crippen LogP contribution in [0.3, 0.4) is 0 Å². The SMILES string of the molecule is CCC[C]1c2ccccc2-c2ccccc21.[Hf]. The van der Waals surface area contributed by atoms with E-state index in [1.54, 1.807) is 0 Å². The maximum Gasteiger partial charge on any atom is 0.0352 e. The van der Waals surface area contributed by atoms with Crippen LogP contribution in [0.15, 0.2) is 48.5 Å². The standard InChI is InChI=1S/C16H15.Hf/c1-2-7-12-13-8-3-5-10-15(13)16-11-6-4-9-14(12)16;/h3-6,8-11H,2,7H2,1H3;. The first-order valence-electron chi connectivity index (χ1n) is 5.97. The Morgan fingerprint density at radius 3 is 1.53 bits per heavy atom. The molecule has 3 rings (SSSR count). The summed E-state index contributed by atoms with van der Waals surface area (Å²) in [5.74, 6) is 1.52. The minimum atomic E-state index is 0. The van der Waals surface area contributed by atoms with Crippen LogP contribution in [0.5, 0.6) is 0 Å². The van der Waals surface area contributed by atoms with E-state index < -0.39 is 0 Å². The first kappa shape index (κ1) is 12.8. The van der Waals surface area contributed by atoms with E-state index in [4.69, 9.17) is 0 Å².